The number of primary amides is 1. The van der Waals surface area contributed by atoms with Crippen molar-refractivity contribution in [3.63, 3.8) is 0 Å². The van der Waals surface area contributed by atoms with Crippen LogP contribution in [0, 0.1) is 13.8 Å². The molecule has 0 radical (unpaired) electrons. The van der Waals surface area contributed by atoms with Gasteiger partial charge in [-0.3, -0.25) is 4.79 Å². The van der Waals surface area contributed by atoms with Crippen LogP contribution in [0.2, 0.25) is 5.02 Å². The lowest BCUT2D eigenvalue weighted by molar-refractivity contribution is 0.0600. The predicted octanol–water partition coefficient (Wildman–Crippen LogP) is 4.36. The van der Waals surface area contributed by atoms with Gasteiger partial charge in [-0.05, 0) is 49.2 Å². The number of nitrogens with zero attached hydrogens (tertiary/aromatic N) is 1. The number of methoxy groups -OCH3 is 1. The molecule has 3 aromatic rings. The molecule has 0 aliphatic heterocycles. The van der Waals surface area contributed by atoms with E-state index in [4.69, 9.17) is 22.1 Å². The molecular weight excluding hydrogens is 376 g/mol. The van der Waals surface area contributed by atoms with Crippen molar-refractivity contribution in [2.75, 3.05) is 7.11 Å². The molecule has 0 spiro atoms. The maximum Gasteiger partial charge on any atom is 0.337 e. The highest BCUT2D eigenvalue weighted by atomic mass is 35.5. The highest BCUT2D eigenvalue weighted by molar-refractivity contribution is 6.30. The van der Waals surface area contributed by atoms with Crippen molar-refractivity contribution in [3.05, 3.63) is 81.6 Å². The summed E-state index contributed by atoms with van der Waals surface area (Å²) in [4.78, 5) is 23.9. The molecule has 6 heteroatoms. The van der Waals surface area contributed by atoms with Crippen LogP contribution in [0.3, 0.4) is 0 Å². The number of ether oxygens (including phenoxy) is 1. The van der Waals surface area contributed by atoms with E-state index in [0.29, 0.717) is 22.7 Å². The van der Waals surface area contributed by atoms with Gasteiger partial charge in [-0.1, -0.05) is 35.9 Å². The smallest absolute Gasteiger partial charge is 0.337 e. The molecule has 0 atom stereocenters. The molecule has 0 aliphatic rings. The first kappa shape index (κ1) is 19.7. The van der Waals surface area contributed by atoms with Gasteiger partial charge in [-0.15, -0.1) is 0 Å². The van der Waals surface area contributed by atoms with Crippen LogP contribution in [0.4, 0.5) is 0 Å². The average Bonchev–Trinajstić information content (AvgIpc) is 2.92. The van der Waals surface area contributed by atoms with Crippen LogP contribution >= 0.6 is 11.6 Å². The summed E-state index contributed by atoms with van der Waals surface area (Å²) in [6.07, 6.45) is 0. The Morgan fingerprint density at radius 1 is 1.07 bits per heavy atom. The topological polar surface area (TPSA) is 74.3 Å². The minimum atomic E-state index is -0.488. The lowest BCUT2D eigenvalue weighted by atomic mass is 9.99. The SMILES string of the molecule is COC(=O)c1ccc(-c2c(C(N)=O)c(C)n(Cc3cccc(Cl)c3)c2C)cc1. The van der Waals surface area contributed by atoms with Gasteiger partial charge in [-0.25, -0.2) is 4.79 Å². The zero-order valence-electron chi connectivity index (χ0n) is 16.0. The molecule has 0 unspecified atom stereocenters. The first-order chi connectivity index (χ1) is 13.3. The van der Waals surface area contributed by atoms with Crippen molar-refractivity contribution in [3.8, 4) is 11.1 Å². The summed E-state index contributed by atoms with van der Waals surface area (Å²) in [5.41, 5.74) is 10.9. The summed E-state index contributed by atoms with van der Waals surface area (Å²) in [5, 5.41) is 0.661. The second kappa shape index (κ2) is 7.90. The Morgan fingerprint density at radius 2 is 1.75 bits per heavy atom. The van der Waals surface area contributed by atoms with Gasteiger partial charge in [0.15, 0.2) is 0 Å². The summed E-state index contributed by atoms with van der Waals surface area (Å²) >= 11 is 6.10. The second-order valence-electron chi connectivity index (χ2n) is 6.57. The van der Waals surface area contributed by atoms with Crippen molar-refractivity contribution in [2.24, 2.45) is 5.73 Å². The molecule has 3 rings (SSSR count). The largest absolute Gasteiger partial charge is 0.465 e. The van der Waals surface area contributed by atoms with E-state index in [9.17, 15) is 9.59 Å². The molecule has 144 valence electrons. The number of nitrogens with two attached hydrogens (primary N) is 1. The van der Waals surface area contributed by atoms with Crippen LogP contribution in [0.5, 0.6) is 0 Å². The number of benzene rings is 2. The van der Waals surface area contributed by atoms with Crippen molar-refractivity contribution in [1.82, 2.24) is 4.57 Å². The Labute approximate surface area is 168 Å². The number of aromatic nitrogens is 1. The van der Waals surface area contributed by atoms with Gasteiger partial charge in [0.1, 0.15) is 0 Å². The van der Waals surface area contributed by atoms with E-state index >= 15 is 0 Å². The van der Waals surface area contributed by atoms with E-state index in [1.54, 1.807) is 24.3 Å². The monoisotopic (exact) mass is 396 g/mol. The Hall–Kier alpha value is -3.05. The predicted molar refractivity (Wildman–Crippen MR) is 110 cm³/mol. The lowest BCUT2D eigenvalue weighted by Gasteiger charge is -2.10. The van der Waals surface area contributed by atoms with Crippen molar-refractivity contribution >= 4 is 23.5 Å². The number of rotatable bonds is 5. The molecule has 0 fully saturated rings. The van der Waals surface area contributed by atoms with Crippen LogP contribution in [0.15, 0.2) is 48.5 Å². The molecule has 0 saturated carbocycles. The number of hydrogen-bond acceptors (Lipinski definition) is 3. The minimum Gasteiger partial charge on any atom is -0.465 e. The fourth-order valence-electron chi connectivity index (χ4n) is 3.48. The van der Waals surface area contributed by atoms with Crippen LogP contribution in [0.1, 0.15) is 37.7 Å². The highest BCUT2D eigenvalue weighted by Crippen LogP contribution is 2.33. The average molecular weight is 397 g/mol. The molecular formula is C22H21ClN2O3. The molecule has 1 amide bonds. The number of amides is 1. The summed E-state index contributed by atoms with van der Waals surface area (Å²) in [5.74, 6) is -0.898. The summed E-state index contributed by atoms with van der Waals surface area (Å²) in [6, 6.07) is 14.5. The van der Waals surface area contributed by atoms with E-state index in [1.165, 1.54) is 7.11 Å². The molecule has 2 aromatic carbocycles. The second-order valence-corrected chi connectivity index (χ2v) is 7.01. The highest BCUT2D eigenvalue weighted by Gasteiger charge is 2.23. The molecule has 1 aromatic heterocycles. The Balaban J connectivity index is 2.11. The number of esters is 1. The zero-order chi connectivity index (χ0) is 20.4. The van der Waals surface area contributed by atoms with Gasteiger partial charge >= 0.3 is 5.97 Å². The van der Waals surface area contributed by atoms with Crippen molar-refractivity contribution < 1.29 is 14.3 Å². The van der Waals surface area contributed by atoms with Crippen LogP contribution < -0.4 is 5.73 Å². The molecule has 0 aliphatic carbocycles. The quantitative estimate of drug-likeness (QED) is 0.651. The fraction of sp³-hybridized carbons (Fsp3) is 0.182. The minimum absolute atomic E-state index is 0.409. The molecule has 2 N–H and O–H groups in total. The summed E-state index contributed by atoms with van der Waals surface area (Å²) < 4.78 is 6.79. The van der Waals surface area contributed by atoms with Gasteiger partial charge in [0.25, 0.3) is 5.91 Å². The molecule has 28 heavy (non-hydrogen) atoms. The Kier molecular flexibility index (Phi) is 5.56. The number of halogens is 1. The first-order valence-electron chi connectivity index (χ1n) is 8.76. The van der Waals surface area contributed by atoms with Gasteiger partial charge in [-0.2, -0.15) is 0 Å². The zero-order valence-corrected chi connectivity index (χ0v) is 16.7. The molecule has 1 heterocycles. The lowest BCUT2D eigenvalue weighted by Crippen LogP contribution is -2.13. The Bertz CT molecular complexity index is 1050. The van der Waals surface area contributed by atoms with Crippen LogP contribution in [-0.4, -0.2) is 23.6 Å². The fourth-order valence-corrected chi connectivity index (χ4v) is 3.70. The maximum absolute atomic E-state index is 12.2. The van der Waals surface area contributed by atoms with Crippen LogP contribution in [0.25, 0.3) is 11.1 Å². The van der Waals surface area contributed by atoms with Crippen molar-refractivity contribution in [1.29, 1.82) is 0 Å². The molecule has 5 nitrogen and oxygen atoms in total. The Morgan fingerprint density at radius 3 is 2.32 bits per heavy atom. The standard InChI is InChI=1S/C22H21ClN2O3/c1-13-19(16-7-9-17(10-8-16)22(27)28-3)20(21(24)26)14(2)25(13)12-15-5-4-6-18(23)11-15/h4-11H,12H2,1-3H3,(H2,24,26). The van der Waals surface area contributed by atoms with E-state index in [0.717, 1.165) is 28.1 Å². The normalized spacial score (nSPS) is 10.7. The van der Waals surface area contributed by atoms with E-state index in [-0.39, 0.29) is 0 Å². The number of hydrogen-bond donors (Lipinski definition) is 1. The van der Waals surface area contributed by atoms with E-state index in [2.05, 4.69) is 4.57 Å². The molecule has 0 saturated heterocycles. The number of carbonyl (C=O) groups excluding carboxylic acids is 2. The maximum atomic E-state index is 12.2. The van der Waals surface area contributed by atoms with Gasteiger partial charge in [0.05, 0.1) is 18.2 Å². The summed E-state index contributed by atoms with van der Waals surface area (Å²) in [6.45, 7) is 4.40. The van der Waals surface area contributed by atoms with Crippen molar-refractivity contribution in [2.45, 2.75) is 20.4 Å². The van der Waals surface area contributed by atoms with E-state index in [1.807, 2.05) is 38.1 Å². The third kappa shape index (κ3) is 3.66. The summed E-state index contributed by atoms with van der Waals surface area (Å²) in [7, 11) is 1.34. The van der Waals surface area contributed by atoms with Gasteiger partial charge in [0.2, 0.25) is 0 Å². The van der Waals surface area contributed by atoms with Crippen LogP contribution in [-0.2, 0) is 11.3 Å². The van der Waals surface area contributed by atoms with Gasteiger partial charge in [0, 0.05) is 28.5 Å². The molecule has 0 bridgehead atoms. The van der Waals surface area contributed by atoms with Gasteiger partial charge < -0.3 is 15.0 Å². The third-order valence-electron chi connectivity index (χ3n) is 4.85. The number of carbonyl (C=O) groups is 2. The third-order valence-corrected chi connectivity index (χ3v) is 5.09. The van der Waals surface area contributed by atoms with E-state index < -0.39 is 11.9 Å². The first-order valence-corrected chi connectivity index (χ1v) is 9.14.